The molecule has 0 aliphatic carbocycles. The van der Waals surface area contributed by atoms with Crippen LogP contribution < -0.4 is 11.5 Å². The van der Waals surface area contributed by atoms with Gasteiger partial charge in [-0.15, -0.1) is 11.3 Å². The lowest BCUT2D eigenvalue weighted by Gasteiger charge is -2.23. The van der Waals surface area contributed by atoms with Crippen molar-refractivity contribution in [2.24, 2.45) is 5.73 Å². The van der Waals surface area contributed by atoms with Crippen LogP contribution in [0.15, 0.2) is 46.7 Å². The molecule has 0 unspecified atom stereocenters. The smallest absolute Gasteiger partial charge is 0.243 e. The number of fused-ring (bicyclic) bond motifs is 1. The van der Waals surface area contributed by atoms with Gasteiger partial charge in [0.05, 0.1) is 20.5 Å². The number of nitrogens with one attached hydrogen (secondary N) is 1. The van der Waals surface area contributed by atoms with Gasteiger partial charge in [-0.25, -0.2) is 8.42 Å². The summed E-state index contributed by atoms with van der Waals surface area (Å²) in [5, 5.41) is 11.0. The number of likely N-dealkylation sites (N-methyl/N-ethyl adjacent to an activating group) is 1. The van der Waals surface area contributed by atoms with Crippen molar-refractivity contribution in [1.82, 2.24) is 9.21 Å². The number of amides is 1. The zero-order valence-electron chi connectivity index (χ0n) is 17.2. The quantitative estimate of drug-likeness (QED) is 0.277. The van der Waals surface area contributed by atoms with E-state index in [1.807, 2.05) is 5.38 Å². The van der Waals surface area contributed by atoms with Crippen LogP contribution in [0.2, 0.25) is 5.02 Å². The molecule has 0 saturated carbocycles. The highest BCUT2D eigenvalue weighted by molar-refractivity contribution is 7.89. The molecule has 2 aromatic carbocycles. The molecule has 1 saturated heterocycles. The molecule has 0 bridgehead atoms. The first kappa shape index (κ1) is 22.5. The van der Waals surface area contributed by atoms with Crippen molar-refractivity contribution < 1.29 is 13.2 Å². The first-order chi connectivity index (χ1) is 15.1. The minimum absolute atomic E-state index is 0.0166. The third-order valence-corrected chi connectivity index (χ3v) is 8.93. The number of sulfonamides is 1. The lowest BCUT2D eigenvalue weighted by molar-refractivity contribution is -0.131. The molecule has 168 valence electrons. The predicted molar refractivity (Wildman–Crippen MR) is 127 cm³/mol. The van der Waals surface area contributed by atoms with Crippen molar-refractivity contribution in [3.05, 3.63) is 57.2 Å². The summed E-state index contributed by atoms with van der Waals surface area (Å²) in [6.07, 6.45) is 0.397. The van der Waals surface area contributed by atoms with Crippen LogP contribution in [0.1, 0.15) is 16.9 Å². The third-order valence-electron chi connectivity index (χ3n) is 5.63. The highest BCUT2D eigenvalue weighted by atomic mass is 35.5. The van der Waals surface area contributed by atoms with Gasteiger partial charge in [-0.05, 0) is 47.0 Å². The fraction of sp³-hybridized carbons (Fsp3) is 0.238. The largest absolute Gasteiger partial charge is 0.398 e. The predicted octanol–water partition coefficient (Wildman–Crippen LogP) is 2.84. The number of halogens is 1. The maximum absolute atomic E-state index is 13.3. The highest BCUT2D eigenvalue weighted by Crippen LogP contribution is 2.32. The number of likely N-dealkylation sites (tertiary alicyclic amines) is 1. The van der Waals surface area contributed by atoms with E-state index in [1.54, 1.807) is 35.2 Å². The number of carbonyl (C=O) groups excluding carboxylic acids is 1. The number of thiophene rings is 1. The maximum Gasteiger partial charge on any atom is 0.243 e. The van der Waals surface area contributed by atoms with Crippen molar-refractivity contribution >= 4 is 61.2 Å². The van der Waals surface area contributed by atoms with Gasteiger partial charge in [0.2, 0.25) is 15.9 Å². The molecule has 1 fully saturated rings. The molecule has 4 rings (SSSR count). The Balaban J connectivity index is 1.54. The minimum atomic E-state index is -3.90. The topological polar surface area (TPSA) is 134 Å². The van der Waals surface area contributed by atoms with Gasteiger partial charge in [-0.2, -0.15) is 4.31 Å². The molecule has 32 heavy (non-hydrogen) atoms. The number of nitrogens with two attached hydrogens (primary N) is 2. The molecule has 1 aromatic heterocycles. The summed E-state index contributed by atoms with van der Waals surface area (Å²) in [7, 11) is -2.47. The Morgan fingerprint density at radius 1 is 1.31 bits per heavy atom. The summed E-state index contributed by atoms with van der Waals surface area (Å²) < 4.78 is 27.7. The monoisotopic (exact) mass is 491 g/mol. The second-order valence-electron chi connectivity index (χ2n) is 7.67. The van der Waals surface area contributed by atoms with Gasteiger partial charge < -0.3 is 16.4 Å². The van der Waals surface area contributed by atoms with E-state index in [4.69, 9.17) is 28.5 Å². The van der Waals surface area contributed by atoms with Crippen LogP contribution in [0.25, 0.3) is 10.8 Å². The van der Waals surface area contributed by atoms with E-state index in [0.717, 1.165) is 9.87 Å². The summed E-state index contributed by atoms with van der Waals surface area (Å²) in [5.41, 5.74) is 12.6. The number of nitrogen functional groups attached to an aromatic ring is 2. The third kappa shape index (κ3) is 3.95. The molecule has 0 spiro atoms. The van der Waals surface area contributed by atoms with Gasteiger partial charge in [0, 0.05) is 25.5 Å². The van der Waals surface area contributed by atoms with Crippen LogP contribution in [-0.4, -0.2) is 49.0 Å². The Bertz CT molecular complexity index is 1340. The van der Waals surface area contributed by atoms with Gasteiger partial charge in [0.25, 0.3) is 0 Å². The Kier molecular flexibility index (Phi) is 5.89. The summed E-state index contributed by atoms with van der Waals surface area (Å²) in [6.45, 7) is 0.796. The van der Waals surface area contributed by atoms with Crippen molar-refractivity contribution in [3.63, 3.8) is 0 Å². The molecule has 3 aromatic rings. The summed E-state index contributed by atoms with van der Waals surface area (Å²) in [6, 6.07) is 8.99. The lowest BCUT2D eigenvalue weighted by Crippen LogP contribution is -2.42. The van der Waals surface area contributed by atoms with Gasteiger partial charge in [0.15, 0.2) is 0 Å². The van der Waals surface area contributed by atoms with Crippen LogP contribution in [0.5, 0.6) is 0 Å². The summed E-state index contributed by atoms with van der Waals surface area (Å²) in [4.78, 5) is 15.3. The molecule has 1 aliphatic heterocycles. The average molecular weight is 492 g/mol. The maximum atomic E-state index is 13.3. The van der Waals surface area contributed by atoms with Gasteiger partial charge in [-0.1, -0.05) is 23.7 Å². The lowest BCUT2D eigenvalue weighted by atomic mass is 10.1. The number of anilines is 1. The van der Waals surface area contributed by atoms with Crippen LogP contribution in [-0.2, 0) is 21.4 Å². The minimum Gasteiger partial charge on any atom is -0.398 e. The van der Waals surface area contributed by atoms with Crippen molar-refractivity contribution in [1.29, 1.82) is 5.41 Å². The molecular weight excluding hydrogens is 470 g/mol. The van der Waals surface area contributed by atoms with Crippen LogP contribution >= 0.6 is 22.9 Å². The Hall–Kier alpha value is -2.66. The first-order valence-corrected chi connectivity index (χ1v) is 12.5. The van der Waals surface area contributed by atoms with E-state index >= 15 is 0 Å². The van der Waals surface area contributed by atoms with E-state index in [9.17, 15) is 13.2 Å². The zero-order valence-corrected chi connectivity index (χ0v) is 19.6. The zero-order chi connectivity index (χ0) is 23.2. The number of amidine groups is 1. The normalized spacial score (nSPS) is 16.9. The van der Waals surface area contributed by atoms with Crippen molar-refractivity contribution in [2.45, 2.75) is 23.9 Å². The van der Waals surface area contributed by atoms with Crippen LogP contribution in [0.4, 0.5) is 5.69 Å². The van der Waals surface area contributed by atoms with Crippen molar-refractivity contribution in [2.75, 3.05) is 19.3 Å². The van der Waals surface area contributed by atoms with Gasteiger partial charge >= 0.3 is 0 Å². The van der Waals surface area contributed by atoms with Crippen LogP contribution in [0.3, 0.4) is 0 Å². The molecule has 5 N–H and O–H groups in total. The number of hydrogen-bond donors (Lipinski definition) is 3. The molecule has 8 nitrogen and oxygen atoms in total. The van der Waals surface area contributed by atoms with E-state index in [-0.39, 0.29) is 16.6 Å². The molecule has 11 heteroatoms. The second-order valence-corrected chi connectivity index (χ2v) is 11.0. The summed E-state index contributed by atoms with van der Waals surface area (Å²) in [5.74, 6) is -0.264. The average Bonchev–Trinajstić information content (AvgIpc) is 3.37. The SMILES string of the molecule is CN([C@H]1CCN(Cc2csc(C(=N)N)c2)C1=O)S(=O)(=O)c1ccc2c(Cl)c(N)ccc2c1. The highest BCUT2D eigenvalue weighted by Gasteiger charge is 2.39. The van der Waals surface area contributed by atoms with E-state index in [1.165, 1.54) is 24.5 Å². The number of benzene rings is 2. The molecule has 0 radical (unpaired) electrons. The first-order valence-electron chi connectivity index (χ1n) is 9.76. The van der Waals surface area contributed by atoms with Crippen LogP contribution in [0, 0.1) is 5.41 Å². The Morgan fingerprint density at radius 2 is 2.06 bits per heavy atom. The second kappa shape index (κ2) is 8.36. The standard InChI is InChI=1S/C21H22ClN5O3S2/c1-26(17-6-7-27(21(17)28)10-12-8-18(20(24)25)31-11-12)32(29,30)14-3-4-15-13(9-14)2-5-16(23)19(15)22/h2-5,8-9,11,17H,6-7,10,23H2,1H3,(H3,24,25)/t17-/m0/s1. The van der Waals surface area contributed by atoms with E-state index in [2.05, 4.69) is 0 Å². The molecular formula is C21H22ClN5O3S2. The Labute approximate surface area is 194 Å². The van der Waals surface area contributed by atoms with Gasteiger partial charge in [-0.3, -0.25) is 10.2 Å². The number of carbonyl (C=O) groups is 1. The Morgan fingerprint density at radius 3 is 2.75 bits per heavy atom. The van der Waals surface area contributed by atoms with Crippen molar-refractivity contribution in [3.8, 4) is 0 Å². The number of rotatable bonds is 6. The number of nitrogens with zero attached hydrogens (tertiary/aromatic N) is 2. The molecule has 1 aliphatic rings. The molecule has 1 atom stereocenters. The fourth-order valence-corrected chi connectivity index (χ4v) is 6.20. The van der Waals surface area contributed by atoms with E-state index < -0.39 is 16.1 Å². The van der Waals surface area contributed by atoms with E-state index in [0.29, 0.717) is 45.9 Å². The number of hydrogen-bond acceptors (Lipinski definition) is 6. The molecule has 2 heterocycles. The molecule has 1 amide bonds. The van der Waals surface area contributed by atoms with Gasteiger partial charge in [0.1, 0.15) is 11.9 Å². The fourth-order valence-electron chi connectivity index (χ4n) is 3.82. The summed E-state index contributed by atoms with van der Waals surface area (Å²) >= 11 is 7.57.